The monoisotopic (exact) mass is 430 g/mol. The Morgan fingerprint density at radius 3 is 2.52 bits per heavy atom. The normalized spacial score (nSPS) is 10.8. The molecule has 0 saturated carbocycles. The van der Waals surface area contributed by atoms with Crippen LogP contribution >= 0.6 is 23.2 Å². The lowest BCUT2D eigenvalue weighted by atomic mass is 10.1. The first kappa shape index (κ1) is 21.2. The van der Waals surface area contributed by atoms with E-state index in [2.05, 4.69) is 36.6 Å². The highest BCUT2D eigenvalue weighted by Crippen LogP contribution is 2.29. The summed E-state index contributed by atoms with van der Waals surface area (Å²) in [6.45, 7) is 4.26. The van der Waals surface area contributed by atoms with E-state index in [1.807, 2.05) is 18.2 Å². The molecule has 7 heteroatoms. The Kier molecular flexibility index (Phi) is 7.18. The number of amides is 2. The van der Waals surface area contributed by atoms with Gasteiger partial charge in [-0.3, -0.25) is 5.32 Å². The van der Waals surface area contributed by atoms with Crippen molar-refractivity contribution in [2.45, 2.75) is 39.5 Å². The second-order valence-electron chi connectivity index (χ2n) is 6.74. The van der Waals surface area contributed by atoms with Gasteiger partial charge in [0.15, 0.2) is 0 Å². The van der Waals surface area contributed by atoms with Crippen molar-refractivity contribution in [1.29, 1.82) is 0 Å². The molecule has 3 aromatic rings. The largest absolute Gasteiger partial charge is 0.324 e. The Balaban J connectivity index is 1.85. The molecule has 0 unspecified atom stereocenters. The first-order chi connectivity index (χ1) is 14.0. The van der Waals surface area contributed by atoms with E-state index >= 15 is 0 Å². The molecule has 2 amide bonds. The molecule has 0 atom stereocenters. The van der Waals surface area contributed by atoms with Crippen LogP contribution in [0.1, 0.15) is 37.9 Å². The topological polar surface area (TPSA) is 59.0 Å². The summed E-state index contributed by atoms with van der Waals surface area (Å²) in [4.78, 5) is 12.6. The van der Waals surface area contributed by atoms with Crippen LogP contribution in [0.2, 0.25) is 10.0 Å². The Labute approximate surface area is 181 Å². The van der Waals surface area contributed by atoms with Crippen LogP contribution in [0.3, 0.4) is 0 Å². The molecule has 0 aliphatic rings. The zero-order chi connectivity index (χ0) is 20.8. The van der Waals surface area contributed by atoms with Gasteiger partial charge in [0.2, 0.25) is 0 Å². The number of carbonyl (C=O) groups is 1. The zero-order valence-electron chi connectivity index (χ0n) is 16.5. The van der Waals surface area contributed by atoms with Crippen LogP contribution in [0.15, 0.2) is 48.5 Å². The molecule has 1 heterocycles. The summed E-state index contributed by atoms with van der Waals surface area (Å²) in [6.07, 6.45) is 3.94. The van der Waals surface area contributed by atoms with Crippen LogP contribution in [0.5, 0.6) is 0 Å². The number of nitrogens with one attached hydrogen (secondary N) is 2. The SMILES string of the molecule is CCCCc1cc(NC(=O)Nc2cccc(Cl)c2Cl)n(-c2ccc(CC)cc2)n1. The Morgan fingerprint density at radius 1 is 1.07 bits per heavy atom. The summed E-state index contributed by atoms with van der Waals surface area (Å²) in [5.74, 6) is 0.594. The minimum atomic E-state index is -0.414. The Morgan fingerprint density at radius 2 is 1.83 bits per heavy atom. The van der Waals surface area contributed by atoms with Crippen molar-refractivity contribution in [3.8, 4) is 5.69 Å². The van der Waals surface area contributed by atoms with Crippen LogP contribution in [-0.2, 0) is 12.8 Å². The van der Waals surface area contributed by atoms with Gasteiger partial charge in [-0.25, -0.2) is 9.48 Å². The number of halogens is 2. The zero-order valence-corrected chi connectivity index (χ0v) is 18.0. The van der Waals surface area contributed by atoms with E-state index < -0.39 is 6.03 Å². The predicted molar refractivity (Wildman–Crippen MR) is 121 cm³/mol. The standard InChI is InChI=1S/C22H24Cl2N4O/c1-3-5-7-16-14-20(28(27-16)17-12-10-15(4-2)11-13-17)26-22(29)25-19-9-6-8-18(23)21(19)24/h6,8-14H,3-5,7H2,1-2H3,(H2,25,26,29). The third-order valence-corrected chi connectivity index (χ3v) is 5.40. The number of anilines is 2. The highest BCUT2D eigenvalue weighted by molar-refractivity contribution is 6.44. The summed E-state index contributed by atoms with van der Waals surface area (Å²) in [5, 5.41) is 11.0. The van der Waals surface area contributed by atoms with Gasteiger partial charge in [0.1, 0.15) is 5.82 Å². The smallest absolute Gasteiger partial charge is 0.306 e. The summed E-state index contributed by atoms with van der Waals surface area (Å²) in [7, 11) is 0. The van der Waals surface area contributed by atoms with E-state index in [1.165, 1.54) is 5.56 Å². The summed E-state index contributed by atoms with van der Waals surface area (Å²) in [5.41, 5.74) is 3.51. The molecule has 0 bridgehead atoms. The van der Waals surface area contributed by atoms with Crippen molar-refractivity contribution in [3.05, 3.63) is 69.8 Å². The quantitative estimate of drug-likeness (QED) is 0.436. The van der Waals surface area contributed by atoms with Gasteiger partial charge >= 0.3 is 6.03 Å². The molecule has 0 radical (unpaired) electrons. The minimum Gasteiger partial charge on any atom is -0.306 e. The molecule has 152 valence electrons. The average Bonchev–Trinajstić information content (AvgIpc) is 3.12. The number of hydrogen-bond acceptors (Lipinski definition) is 2. The number of aromatic nitrogens is 2. The van der Waals surface area contributed by atoms with Gasteiger partial charge in [0.25, 0.3) is 0 Å². The van der Waals surface area contributed by atoms with E-state index in [0.717, 1.165) is 37.1 Å². The fourth-order valence-electron chi connectivity index (χ4n) is 2.94. The Hall–Kier alpha value is -2.50. The average molecular weight is 431 g/mol. The highest BCUT2D eigenvalue weighted by atomic mass is 35.5. The third-order valence-electron chi connectivity index (χ3n) is 4.58. The fourth-order valence-corrected chi connectivity index (χ4v) is 3.29. The molecule has 0 aliphatic heterocycles. The molecule has 0 saturated heterocycles. The number of carbonyl (C=O) groups excluding carboxylic acids is 1. The van der Waals surface area contributed by atoms with Gasteiger partial charge in [-0.15, -0.1) is 0 Å². The fraction of sp³-hybridized carbons (Fsp3) is 0.273. The van der Waals surface area contributed by atoms with Crippen molar-refractivity contribution in [3.63, 3.8) is 0 Å². The summed E-state index contributed by atoms with van der Waals surface area (Å²) < 4.78 is 1.75. The molecule has 29 heavy (non-hydrogen) atoms. The lowest BCUT2D eigenvalue weighted by molar-refractivity contribution is 0.262. The number of hydrogen-bond donors (Lipinski definition) is 2. The first-order valence-electron chi connectivity index (χ1n) is 9.72. The van der Waals surface area contributed by atoms with Crippen LogP contribution in [0.25, 0.3) is 5.69 Å². The number of rotatable bonds is 7. The van der Waals surface area contributed by atoms with E-state index in [1.54, 1.807) is 22.9 Å². The lowest BCUT2D eigenvalue weighted by Crippen LogP contribution is -2.21. The molecule has 0 aliphatic carbocycles. The second-order valence-corrected chi connectivity index (χ2v) is 7.52. The van der Waals surface area contributed by atoms with Crippen LogP contribution in [0, 0.1) is 0 Å². The molecule has 5 nitrogen and oxygen atoms in total. The molecular weight excluding hydrogens is 407 g/mol. The van der Waals surface area contributed by atoms with Crippen LogP contribution < -0.4 is 10.6 Å². The highest BCUT2D eigenvalue weighted by Gasteiger charge is 2.14. The van der Waals surface area contributed by atoms with E-state index in [0.29, 0.717) is 21.6 Å². The van der Waals surface area contributed by atoms with E-state index in [4.69, 9.17) is 28.3 Å². The lowest BCUT2D eigenvalue weighted by Gasteiger charge is -2.11. The van der Waals surface area contributed by atoms with Gasteiger partial charge < -0.3 is 5.32 Å². The van der Waals surface area contributed by atoms with Crippen molar-refractivity contribution in [1.82, 2.24) is 9.78 Å². The number of unbranched alkanes of at least 4 members (excludes halogenated alkanes) is 1. The first-order valence-corrected chi connectivity index (χ1v) is 10.5. The number of nitrogens with zero attached hydrogens (tertiary/aromatic N) is 2. The maximum absolute atomic E-state index is 12.6. The van der Waals surface area contributed by atoms with Gasteiger partial charge in [-0.2, -0.15) is 5.10 Å². The summed E-state index contributed by atoms with van der Waals surface area (Å²) in [6, 6.07) is 14.7. The van der Waals surface area contributed by atoms with Gasteiger partial charge in [0.05, 0.1) is 27.1 Å². The number of aryl methyl sites for hydroxylation is 2. The molecular formula is C22H24Cl2N4O. The van der Waals surface area contributed by atoms with Crippen molar-refractivity contribution in [2.24, 2.45) is 0 Å². The summed E-state index contributed by atoms with van der Waals surface area (Å²) >= 11 is 12.2. The van der Waals surface area contributed by atoms with Crippen molar-refractivity contribution >= 4 is 40.7 Å². The maximum atomic E-state index is 12.6. The van der Waals surface area contributed by atoms with Crippen molar-refractivity contribution in [2.75, 3.05) is 10.6 Å². The number of benzene rings is 2. The maximum Gasteiger partial charge on any atom is 0.324 e. The van der Waals surface area contributed by atoms with Crippen molar-refractivity contribution < 1.29 is 4.79 Å². The molecule has 0 spiro atoms. The van der Waals surface area contributed by atoms with Gasteiger partial charge in [-0.1, -0.05) is 61.7 Å². The second kappa shape index (κ2) is 9.81. The molecule has 0 fully saturated rings. The predicted octanol–water partition coefficient (Wildman–Crippen LogP) is 6.73. The van der Waals surface area contributed by atoms with E-state index in [9.17, 15) is 4.79 Å². The molecule has 1 aromatic heterocycles. The van der Waals surface area contributed by atoms with Crippen LogP contribution in [0.4, 0.5) is 16.3 Å². The minimum absolute atomic E-state index is 0.302. The number of urea groups is 1. The Bertz CT molecular complexity index is 983. The molecule has 3 rings (SSSR count). The van der Waals surface area contributed by atoms with Gasteiger partial charge in [0, 0.05) is 6.07 Å². The molecule has 2 N–H and O–H groups in total. The van der Waals surface area contributed by atoms with Gasteiger partial charge in [-0.05, 0) is 49.1 Å². The van der Waals surface area contributed by atoms with E-state index in [-0.39, 0.29) is 0 Å². The molecule has 2 aromatic carbocycles. The van der Waals surface area contributed by atoms with Crippen LogP contribution in [-0.4, -0.2) is 15.8 Å². The third kappa shape index (κ3) is 5.31.